The molecule has 7 heteroatoms. The van der Waals surface area contributed by atoms with Crippen molar-refractivity contribution < 1.29 is 8.42 Å². The molecule has 1 aliphatic rings. The van der Waals surface area contributed by atoms with E-state index in [1.165, 1.54) is 6.07 Å². The summed E-state index contributed by atoms with van der Waals surface area (Å²) in [6.45, 7) is 1.77. The summed E-state index contributed by atoms with van der Waals surface area (Å²) in [6, 6.07) is 3.65. The molecule has 106 valence electrons. The summed E-state index contributed by atoms with van der Waals surface area (Å²) < 4.78 is 23.2. The van der Waals surface area contributed by atoms with Gasteiger partial charge in [0.05, 0.1) is 4.90 Å². The van der Waals surface area contributed by atoms with E-state index in [0.29, 0.717) is 17.3 Å². The van der Waals surface area contributed by atoms with Crippen molar-refractivity contribution in [2.75, 3.05) is 29.2 Å². The molecular weight excluding hydrogens is 282 g/mol. The number of anilines is 2. The Balaban J connectivity index is 2.48. The maximum Gasteiger partial charge on any atom is 0.238 e. The second-order valence-electron chi connectivity index (χ2n) is 4.84. The first-order valence-corrected chi connectivity index (χ1v) is 8.74. The van der Waals surface area contributed by atoms with Gasteiger partial charge in [-0.25, -0.2) is 13.6 Å². The third-order valence-electron chi connectivity index (χ3n) is 3.49. The van der Waals surface area contributed by atoms with Gasteiger partial charge in [0.25, 0.3) is 0 Å². The number of nitrogens with two attached hydrogens (primary N) is 2. The van der Waals surface area contributed by atoms with Gasteiger partial charge in [-0.3, -0.25) is 0 Å². The lowest BCUT2D eigenvalue weighted by Gasteiger charge is -2.28. The van der Waals surface area contributed by atoms with Gasteiger partial charge >= 0.3 is 0 Å². The number of hydrogen-bond donors (Lipinski definition) is 2. The third kappa shape index (κ3) is 2.98. The standard InChI is InChI=1S/C12H19N3O2S2/c1-8-11(15(2)10-3-4-18-7-10)5-9(13)6-12(8)19(14,16)17/h5-6,10H,3-4,7,13H2,1-2H3,(H2,14,16,17). The van der Waals surface area contributed by atoms with E-state index in [9.17, 15) is 8.42 Å². The van der Waals surface area contributed by atoms with Crippen LogP contribution >= 0.6 is 11.8 Å². The molecule has 1 heterocycles. The molecule has 4 N–H and O–H groups in total. The first kappa shape index (κ1) is 14.5. The van der Waals surface area contributed by atoms with Crippen molar-refractivity contribution in [3.63, 3.8) is 0 Å². The zero-order chi connectivity index (χ0) is 14.2. The SMILES string of the molecule is Cc1c(N(C)C2CCSC2)cc(N)cc1S(N)(=O)=O. The molecule has 0 aliphatic carbocycles. The van der Waals surface area contributed by atoms with Crippen LogP contribution in [0.2, 0.25) is 0 Å². The molecule has 1 aromatic rings. The molecule has 0 aromatic heterocycles. The Hall–Kier alpha value is -0.920. The fraction of sp³-hybridized carbons (Fsp3) is 0.500. The maximum atomic E-state index is 11.6. The minimum Gasteiger partial charge on any atom is -0.399 e. The average molecular weight is 301 g/mol. The van der Waals surface area contributed by atoms with Crippen LogP contribution in [0.3, 0.4) is 0 Å². The molecule has 19 heavy (non-hydrogen) atoms. The zero-order valence-corrected chi connectivity index (χ0v) is 12.7. The highest BCUT2D eigenvalue weighted by atomic mass is 32.2. The lowest BCUT2D eigenvalue weighted by molar-refractivity contribution is 0.597. The number of rotatable bonds is 3. The number of nitrogen functional groups attached to an aromatic ring is 1. The summed E-state index contributed by atoms with van der Waals surface area (Å²) in [4.78, 5) is 2.22. The maximum absolute atomic E-state index is 11.6. The quantitative estimate of drug-likeness (QED) is 0.818. The number of hydrogen-bond acceptors (Lipinski definition) is 5. The van der Waals surface area contributed by atoms with E-state index >= 15 is 0 Å². The van der Waals surface area contributed by atoms with Gasteiger partial charge in [-0.05, 0) is 36.8 Å². The lowest BCUT2D eigenvalue weighted by Crippen LogP contribution is -2.32. The normalized spacial score (nSPS) is 19.6. The molecule has 1 saturated heterocycles. The monoisotopic (exact) mass is 301 g/mol. The number of sulfonamides is 1. The summed E-state index contributed by atoms with van der Waals surface area (Å²) in [7, 11) is -1.77. The van der Waals surface area contributed by atoms with Crippen molar-refractivity contribution in [3.8, 4) is 0 Å². The Bertz CT molecular complexity index is 581. The van der Waals surface area contributed by atoms with Gasteiger partial charge in [0.1, 0.15) is 0 Å². The molecule has 5 nitrogen and oxygen atoms in total. The molecule has 1 unspecified atom stereocenters. The van der Waals surface area contributed by atoms with Crippen LogP contribution in [-0.2, 0) is 10.0 Å². The van der Waals surface area contributed by atoms with Crippen molar-refractivity contribution in [3.05, 3.63) is 17.7 Å². The summed E-state index contributed by atoms with van der Waals surface area (Å²) in [5.41, 5.74) is 7.74. The summed E-state index contributed by atoms with van der Waals surface area (Å²) in [5, 5.41) is 5.24. The predicted molar refractivity (Wildman–Crippen MR) is 81.1 cm³/mol. The smallest absolute Gasteiger partial charge is 0.238 e. The number of thioether (sulfide) groups is 1. The van der Waals surface area contributed by atoms with Gasteiger partial charge in [-0.15, -0.1) is 0 Å². The topological polar surface area (TPSA) is 89.4 Å². The fourth-order valence-corrected chi connectivity index (χ4v) is 4.48. The second-order valence-corrected chi connectivity index (χ2v) is 7.52. The van der Waals surface area contributed by atoms with Crippen LogP contribution < -0.4 is 15.8 Å². The van der Waals surface area contributed by atoms with Crippen LogP contribution in [0.25, 0.3) is 0 Å². The van der Waals surface area contributed by atoms with Gasteiger partial charge < -0.3 is 10.6 Å². The van der Waals surface area contributed by atoms with E-state index in [1.807, 2.05) is 24.9 Å². The lowest BCUT2D eigenvalue weighted by atomic mass is 10.1. The van der Waals surface area contributed by atoms with E-state index in [1.54, 1.807) is 6.92 Å². The van der Waals surface area contributed by atoms with Crippen LogP contribution in [0.5, 0.6) is 0 Å². The van der Waals surface area contributed by atoms with E-state index in [-0.39, 0.29) is 4.90 Å². The Morgan fingerprint density at radius 3 is 2.63 bits per heavy atom. The van der Waals surface area contributed by atoms with Gasteiger partial charge in [0.2, 0.25) is 10.0 Å². The Labute approximate surface area is 118 Å². The predicted octanol–water partition coefficient (Wildman–Crippen LogP) is 1.17. The molecule has 0 bridgehead atoms. The Kier molecular flexibility index (Phi) is 3.98. The fourth-order valence-electron chi connectivity index (χ4n) is 2.38. The molecule has 1 fully saturated rings. The first-order valence-electron chi connectivity index (χ1n) is 6.04. The zero-order valence-electron chi connectivity index (χ0n) is 11.1. The van der Waals surface area contributed by atoms with E-state index in [0.717, 1.165) is 23.6 Å². The second kappa shape index (κ2) is 5.22. The molecule has 1 aromatic carbocycles. The van der Waals surface area contributed by atoms with Crippen molar-refractivity contribution in [1.29, 1.82) is 0 Å². The van der Waals surface area contributed by atoms with Crippen LogP contribution in [0.15, 0.2) is 17.0 Å². The van der Waals surface area contributed by atoms with Crippen molar-refractivity contribution in [1.82, 2.24) is 0 Å². The Morgan fingerprint density at radius 1 is 1.42 bits per heavy atom. The Morgan fingerprint density at radius 2 is 2.11 bits per heavy atom. The van der Waals surface area contributed by atoms with E-state index < -0.39 is 10.0 Å². The summed E-state index contributed by atoms with van der Waals surface area (Å²) >= 11 is 1.91. The minimum atomic E-state index is -3.75. The van der Waals surface area contributed by atoms with Gasteiger partial charge in [-0.1, -0.05) is 0 Å². The van der Waals surface area contributed by atoms with Crippen molar-refractivity contribution >= 4 is 33.2 Å². The first-order chi connectivity index (χ1) is 8.80. The van der Waals surface area contributed by atoms with Crippen LogP contribution in [0.4, 0.5) is 11.4 Å². The molecule has 1 atom stereocenters. The largest absolute Gasteiger partial charge is 0.399 e. The van der Waals surface area contributed by atoms with Crippen LogP contribution in [0, 0.1) is 6.92 Å². The van der Waals surface area contributed by atoms with E-state index in [4.69, 9.17) is 10.9 Å². The van der Waals surface area contributed by atoms with Gasteiger partial charge in [0, 0.05) is 30.2 Å². The van der Waals surface area contributed by atoms with E-state index in [2.05, 4.69) is 4.90 Å². The number of benzene rings is 1. The highest BCUT2D eigenvalue weighted by Gasteiger charge is 2.24. The molecule has 0 saturated carbocycles. The van der Waals surface area contributed by atoms with Gasteiger partial charge in [0.15, 0.2) is 0 Å². The molecular formula is C12H19N3O2S2. The minimum absolute atomic E-state index is 0.111. The highest BCUT2D eigenvalue weighted by Crippen LogP contribution is 2.32. The third-order valence-corrected chi connectivity index (χ3v) is 5.68. The van der Waals surface area contributed by atoms with Crippen molar-refractivity contribution in [2.24, 2.45) is 5.14 Å². The molecule has 2 rings (SSSR count). The molecule has 0 spiro atoms. The highest BCUT2D eigenvalue weighted by molar-refractivity contribution is 7.99. The summed E-state index contributed by atoms with van der Waals surface area (Å²) in [6.07, 6.45) is 1.10. The number of primary sulfonamides is 1. The van der Waals surface area contributed by atoms with Crippen LogP contribution in [0.1, 0.15) is 12.0 Å². The summed E-state index contributed by atoms with van der Waals surface area (Å²) in [5.74, 6) is 2.19. The molecule has 1 aliphatic heterocycles. The van der Waals surface area contributed by atoms with Crippen LogP contribution in [-0.4, -0.2) is 33.0 Å². The average Bonchev–Trinajstić information content (AvgIpc) is 2.83. The van der Waals surface area contributed by atoms with Gasteiger partial charge in [-0.2, -0.15) is 11.8 Å². The molecule has 0 amide bonds. The van der Waals surface area contributed by atoms with Crippen molar-refractivity contribution in [2.45, 2.75) is 24.3 Å². The molecule has 0 radical (unpaired) electrons. The number of nitrogens with zero attached hydrogens (tertiary/aromatic N) is 1.